The van der Waals surface area contributed by atoms with E-state index in [1.807, 2.05) is 0 Å². The Labute approximate surface area is 375 Å². The van der Waals surface area contributed by atoms with Crippen LogP contribution in [0.15, 0.2) is 245 Å². The van der Waals surface area contributed by atoms with Crippen molar-refractivity contribution in [3.05, 3.63) is 237 Å². The molecule has 13 aromatic rings. The molecule has 0 bridgehead atoms. The maximum atomic E-state index is 7.20. The molecule has 0 aliphatic carbocycles. The zero-order valence-corrected chi connectivity index (χ0v) is 35.3. The van der Waals surface area contributed by atoms with Crippen molar-refractivity contribution >= 4 is 82.5 Å². The highest BCUT2D eigenvalue weighted by Gasteiger charge is 2.24. The quantitative estimate of drug-likeness (QED) is 0.160. The Balaban J connectivity index is 1.01. The van der Waals surface area contributed by atoms with E-state index < -0.39 is 0 Å². The van der Waals surface area contributed by atoms with E-state index in [0.717, 1.165) is 105 Å². The normalized spacial score (nSPS) is 11.7. The standard InChI is InChI=1S/C62H39NO2/c1-4-17-40(18-5-1)44-25-14-26-48(37-44)63(56-32-16-31-53-58-50-28-13-11-24-46(50)39-55(62(58)65-60(53)56)42-21-8-3-9-22-42)47-35-33-43(34-36-47)51-29-15-30-52-57-49-27-12-10-23-45(49)38-54(61(57)64-59(51)52)41-19-6-2-7-20-41/h1-39H. The predicted molar refractivity (Wildman–Crippen MR) is 272 cm³/mol. The van der Waals surface area contributed by atoms with Crippen molar-refractivity contribution in [3.63, 3.8) is 0 Å². The molecule has 0 fully saturated rings. The van der Waals surface area contributed by atoms with E-state index in [-0.39, 0.29) is 0 Å². The van der Waals surface area contributed by atoms with Crippen molar-refractivity contribution in [3.8, 4) is 44.5 Å². The molecule has 0 aliphatic heterocycles. The summed E-state index contributed by atoms with van der Waals surface area (Å²) in [4.78, 5) is 2.34. The molecule has 11 aromatic carbocycles. The summed E-state index contributed by atoms with van der Waals surface area (Å²) < 4.78 is 14.2. The second-order valence-electron chi connectivity index (χ2n) is 16.8. The molecule has 0 amide bonds. The number of hydrogen-bond donors (Lipinski definition) is 0. The highest BCUT2D eigenvalue weighted by atomic mass is 16.3. The minimum absolute atomic E-state index is 0.832. The van der Waals surface area contributed by atoms with Gasteiger partial charge in [0, 0.05) is 49.6 Å². The van der Waals surface area contributed by atoms with Crippen molar-refractivity contribution in [2.24, 2.45) is 0 Å². The molecule has 3 heteroatoms. The fraction of sp³-hybridized carbons (Fsp3) is 0. The molecule has 0 N–H and O–H groups in total. The lowest BCUT2D eigenvalue weighted by Crippen LogP contribution is -2.10. The molecule has 0 unspecified atom stereocenters. The van der Waals surface area contributed by atoms with Crippen molar-refractivity contribution in [1.82, 2.24) is 0 Å². The monoisotopic (exact) mass is 829 g/mol. The minimum Gasteiger partial charge on any atom is -0.455 e. The maximum Gasteiger partial charge on any atom is 0.159 e. The molecule has 0 radical (unpaired) electrons. The van der Waals surface area contributed by atoms with Gasteiger partial charge >= 0.3 is 0 Å². The van der Waals surface area contributed by atoms with Gasteiger partial charge in [0.1, 0.15) is 16.7 Å². The van der Waals surface area contributed by atoms with Crippen molar-refractivity contribution in [2.75, 3.05) is 4.90 Å². The molecular formula is C62H39NO2. The van der Waals surface area contributed by atoms with Crippen LogP contribution in [0.5, 0.6) is 0 Å². The molecule has 0 saturated carbocycles. The summed E-state index contributed by atoms with van der Waals surface area (Å²) in [6, 6.07) is 84.3. The lowest BCUT2D eigenvalue weighted by atomic mass is 9.95. The summed E-state index contributed by atoms with van der Waals surface area (Å²) in [5.41, 5.74) is 15.3. The first kappa shape index (κ1) is 36.9. The number of hydrogen-bond acceptors (Lipinski definition) is 3. The number of rotatable bonds is 7. The van der Waals surface area contributed by atoms with Gasteiger partial charge in [-0.05, 0) is 91.8 Å². The van der Waals surface area contributed by atoms with Crippen LogP contribution in [0.25, 0.3) is 110 Å². The van der Waals surface area contributed by atoms with E-state index in [0.29, 0.717) is 0 Å². The van der Waals surface area contributed by atoms with Gasteiger partial charge in [-0.2, -0.15) is 0 Å². The number of benzene rings is 11. The van der Waals surface area contributed by atoms with Crippen molar-refractivity contribution < 1.29 is 8.83 Å². The summed E-state index contributed by atoms with van der Waals surface area (Å²) in [5, 5.41) is 9.17. The molecule has 65 heavy (non-hydrogen) atoms. The van der Waals surface area contributed by atoms with Gasteiger partial charge in [0.2, 0.25) is 0 Å². The predicted octanol–water partition coefficient (Wildman–Crippen LogP) is 17.9. The van der Waals surface area contributed by atoms with Crippen LogP contribution in [-0.4, -0.2) is 0 Å². The van der Waals surface area contributed by atoms with Gasteiger partial charge < -0.3 is 13.7 Å². The lowest BCUT2D eigenvalue weighted by Gasteiger charge is -2.26. The van der Waals surface area contributed by atoms with E-state index in [2.05, 4.69) is 241 Å². The van der Waals surface area contributed by atoms with Gasteiger partial charge in [0.15, 0.2) is 5.58 Å². The fourth-order valence-electron chi connectivity index (χ4n) is 10.0. The summed E-state index contributed by atoms with van der Waals surface area (Å²) in [5.74, 6) is 0. The Morgan fingerprint density at radius 2 is 0.723 bits per heavy atom. The van der Waals surface area contributed by atoms with Gasteiger partial charge in [-0.3, -0.25) is 0 Å². The highest BCUT2D eigenvalue weighted by molar-refractivity contribution is 6.25. The van der Waals surface area contributed by atoms with Crippen LogP contribution >= 0.6 is 0 Å². The van der Waals surface area contributed by atoms with Gasteiger partial charge in [-0.25, -0.2) is 0 Å². The van der Waals surface area contributed by atoms with E-state index in [9.17, 15) is 0 Å². The first-order valence-electron chi connectivity index (χ1n) is 22.2. The Morgan fingerprint density at radius 1 is 0.262 bits per heavy atom. The first-order valence-corrected chi connectivity index (χ1v) is 22.2. The molecule has 0 spiro atoms. The van der Waals surface area contributed by atoms with E-state index in [4.69, 9.17) is 8.83 Å². The summed E-state index contributed by atoms with van der Waals surface area (Å²) in [7, 11) is 0. The molecule has 2 aromatic heterocycles. The molecule has 2 heterocycles. The van der Waals surface area contributed by atoms with Crippen LogP contribution < -0.4 is 4.90 Å². The van der Waals surface area contributed by atoms with Crippen LogP contribution in [0.3, 0.4) is 0 Å². The van der Waals surface area contributed by atoms with Crippen molar-refractivity contribution in [1.29, 1.82) is 0 Å². The van der Waals surface area contributed by atoms with Crippen molar-refractivity contribution in [2.45, 2.75) is 0 Å². The Bertz CT molecular complexity index is 3920. The van der Waals surface area contributed by atoms with Crippen LogP contribution in [-0.2, 0) is 0 Å². The smallest absolute Gasteiger partial charge is 0.159 e. The topological polar surface area (TPSA) is 29.5 Å². The molecule has 304 valence electrons. The van der Waals surface area contributed by atoms with Gasteiger partial charge in [0.05, 0.1) is 5.69 Å². The summed E-state index contributed by atoms with van der Waals surface area (Å²) in [6.07, 6.45) is 0. The largest absolute Gasteiger partial charge is 0.455 e. The van der Waals surface area contributed by atoms with Crippen LogP contribution in [0, 0.1) is 0 Å². The number of fused-ring (bicyclic) bond motifs is 10. The zero-order chi connectivity index (χ0) is 42.8. The van der Waals surface area contributed by atoms with E-state index >= 15 is 0 Å². The SMILES string of the molecule is c1ccc(-c2cccc(N(c3ccc(-c4cccc5c4oc4c(-c6ccccc6)cc6ccccc6c45)cc3)c3cccc4c3oc3c(-c5ccccc5)cc5ccccc5c34)c2)cc1. The molecule has 0 atom stereocenters. The van der Waals surface area contributed by atoms with Crippen LogP contribution in [0.2, 0.25) is 0 Å². The van der Waals surface area contributed by atoms with Crippen LogP contribution in [0.4, 0.5) is 17.1 Å². The first-order chi connectivity index (χ1) is 32.2. The highest BCUT2D eigenvalue weighted by Crippen LogP contribution is 2.48. The maximum absolute atomic E-state index is 7.20. The Hall–Kier alpha value is -8.66. The second kappa shape index (κ2) is 15.0. The third-order valence-corrected chi connectivity index (χ3v) is 13.0. The van der Waals surface area contributed by atoms with Crippen LogP contribution in [0.1, 0.15) is 0 Å². The number of anilines is 3. The minimum atomic E-state index is 0.832. The van der Waals surface area contributed by atoms with Gasteiger partial charge in [0.25, 0.3) is 0 Å². The van der Waals surface area contributed by atoms with E-state index in [1.54, 1.807) is 0 Å². The third-order valence-electron chi connectivity index (χ3n) is 13.0. The zero-order valence-electron chi connectivity index (χ0n) is 35.3. The fourth-order valence-corrected chi connectivity index (χ4v) is 10.0. The number of nitrogens with zero attached hydrogens (tertiary/aromatic N) is 1. The third kappa shape index (κ3) is 6.05. The lowest BCUT2D eigenvalue weighted by molar-refractivity contribution is 0.670. The number of para-hydroxylation sites is 2. The second-order valence-corrected chi connectivity index (χ2v) is 16.8. The Kier molecular flexibility index (Phi) is 8.53. The van der Waals surface area contributed by atoms with Gasteiger partial charge in [-0.15, -0.1) is 0 Å². The molecule has 3 nitrogen and oxygen atoms in total. The number of furan rings is 2. The Morgan fingerprint density at radius 3 is 1.34 bits per heavy atom. The van der Waals surface area contributed by atoms with Gasteiger partial charge in [-0.1, -0.05) is 194 Å². The average Bonchev–Trinajstić information content (AvgIpc) is 3.98. The molecule has 0 aliphatic rings. The van der Waals surface area contributed by atoms with E-state index in [1.165, 1.54) is 21.5 Å². The average molecular weight is 830 g/mol. The summed E-state index contributed by atoms with van der Waals surface area (Å²) >= 11 is 0. The molecular weight excluding hydrogens is 791 g/mol. The molecule has 13 rings (SSSR count). The summed E-state index contributed by atoms with van der Waals surface area (Å²) in [6.45, 7) is 0. The molecule has 0 saturated heterocycles.